The van der Waals surface area contributed by atoms with E-state index in [1.54, 1.807) is 0 Å². The third-order valence-corrected chi connectivity index (χ3v) is 2.11. The maximum absolute atomic E-state index is 12.5. The lowest BCUT2D eigenvalue weighted by molar-refractivity contribution is 0.0695. The summed E-state index contributed by atoms with van der Waals surface area (Å²) >= 11 is 5.42. The van der Waals surface area contributed by atoms with Crippen molar-refractivity contribution < 1.29 is 18.7 Å². The number of nitrogens with two attached hydrogens (primary N) is 1. The molecule has 0 aromatic carbocycles. The number of anilines is 1. The monoisotopic (exact) mass is 236 g/mol. The molecule has 0 spiro atoms. The predicted molar refractivity (Wildman–Crippen MR) is 50.1 cm³/mol. The lowest BCUT2D eigenvalue weighted by Gasteiger charge is -2.11. The van der Waals surface area contributed by atoms with Crippen LogP contribution >= 0.6 is 11.6 Å². The van der Waals surface area contributed by atoms with Crippen LogP contribution in [0, 0.1) is 0 Å². The van der Waals surface area contributed by atoms with E-state index in [1.807, 2.05) is 0 Å². The number of carbonyl (C=O) groups is 1. The number of alkyl halides is 3. The Bertz CT molecular complexity index is 398. The number of aromatic nitrogens is 1. The number of nitrogen functional groups attached to an aromatic ring is 1. The number of hydrogen-bond donors (Lipinski definition) is 2. The number of aromatic carboxylic acids is 1. The Morgan fingerprint density at radius 1 is 1.67 bits per heavy atom. The molecule has 0 fully saturated rings. The molecule has 0 aliphatic rings. The molecule has 0 aliphatic heterocycles. The quantitative estimate of drug-likeness (QED) is 0.788. The van der Waals surface area contributed by atoms with Gasteiger partial charge in [0, 0.05) is 12.1 Å². The van der Waals surface area contributed by atoms with Gasteiger partial charge in [-0.2, -0.15) is 0 Å². The van der Waals surface area contributed by atoms with Crippen LogP contribution in [0.2, 0.25) is 0 Å². The first-order valence-electron chi connectivity index (χ1n) is 3.83. The van der Waals surface area contributed by atoms with Crippen LogP contribution in [0.4, 0.5) is 14.6 Å². The highest BCUT2D eigenvalue weighted by Crippen LogP contribution is 2.30. The van der Waals surface area contributed by atoms with Crippen LogP contribution in [-0.4, -0.2) is 16.1 Å². The minimum absolute atomic E-state index is 0.188. The van der Waals surface area contributed by atoms with Gasteiger partial charge >= 0.3 is 5.97 Å². The Morgan fingerprint density at radius 2 is 2.27 bits per heavy atom. The molecule has 0 unspecified atom stereocenters. The van der Waals surface area contributed by atoms with Crippen molar-refractivity contribution in [2.45, 2.75) is 12.3 Å². The summed E-state index contributed by atoms with van der Waals surface area (Å²) in [6.07, 6.45) is -1.98. The van der Waals surface area contributed by atoms with Gasteiger partial charge in [-0.15, -0.1) is 11.6 Å². The second kappa shape index (κ2) is 4.39. The van der Waals surface area contributed by atoms with Crippen LogP contribution < -0.4 is 5.73 Å². The van der Waals surface area contributed by atoms with Crippen molar-refractivity contribution in [3.63, 3.8) is 0 Å². The molecule has 0 radical (unpaired) electrons. The van der Waals surface area contributed by atoms with E-state index in [2.05, 4.69) is 4.98 Å². The fraction of sp³-hybridized carbons (Fsp3) is 0.250. The minimum atomic E-state index is -2.90. The molecule has 4 nitrogen and oxygen atoms in total. The Morgan fingerprint density at radius 3 is 2.67 bits per heavy atom. The molecule has 0 saturated carbocycles. The molecule has 1 aromatic heterocycles. The summed E-state index contributed by atoms with van der Waals surface area (Å²) in [5.74, 6) is -2.11. The van der Waals surface area contributed by atoms with Gasteiger partial charge in [0.15, 0.2) is 0 Å². The Kier molecular flexibility index (Phi) is 3.41. The Labute approximate surface area is 88.7 Å². The average molecular weight is 237 g/mol. The van der Waals surface area contributed by atoms with Gasteiger partial charge in [-0.05, 0) is 5.56 Å². The third kappa shape index (κ3) is 2.15. The van der Waals surface area contributed by atoms with E-state index < -0.39 is 23.8 Å². The molecule has 0 saturated heterocycles. The summed E-state index contributed by atoms with van der Waals surface area (Å²) in [5, 5.41) is 8.71. The summed E-state index contributed by atoms with van der Waals surface area (Å²) in [6, 6.07) is 0. The lowest BCUT2D eigenvalue weighted by atomic mass is 10.1. The second-order valence-corrected chi connectivity index (χ2v) is 2.96. The Balaban J connectivity index is 3.47. The first kappa shape index (κ1) is 11.6. The van der Waals surface area contributed by atoms with Gasteiger partial charge in [-0.25, -0.2) is 18.6 Å². The van der Waals surface area contributed by atoms with E-state index >= 15 is 0 Å². The third-order valence-electron chi connectivity index (χ3n) is 1.84. The number of carboxylic acids is 1. The first-order valence-corrected chi connectivity index (χ1v) is 4.37. The highest BCUT2D eigenvalue weighted by molar-refractivity contribution is 6.17. The number of hydrogen-bond acceptors (Lipinski definition) is 3. The highest BCUT2D eigenvalue weighted by Gasteiger charge is 2.22. The van der Waals surface area contributed by atoms with Crippen molar-refractivity contribution in [2.75, 3.05) is 5.73 Å². The van der Waals surface area contributed by atoms with Crippen LogP contribution in [0.3, 0.4) is 0 Å². The molecule has 7 heteroatoms. The summed E-state index contributed by atoms with van der Waals surface area (Å²) in [7, 11) is 0. The van der Waals surface area contributed by atoms with Crippen molar-refractivity contribution in [3.05, 3.63) is 22.9 Å². The zero-order valence-corrected chi connectivity index (χ0v) is 8.13. The SMILES string of the molecule is Nc1ncc(C(=O)O)c(CCl)c1C(F)F. The van der Waals surface area contributed by atoms with Gasteiger partial charge in [0.1, 0.15) is 5.82 Å². The van der Waals surface area contributed by atoms with Gasteiger partial charge in [0.05, 0.1) is 11.1 Å². The molecule has 3 N–H and O–H groups in total. The summed E-state index contributed by atoms with van der Waals surface area (Å²) in [4.78, 5) is 14.1. The first-order chi connectivity index (χ1) is 6.99. The molecule has 82 valence electrons. The number of nitrogens with zero attached hydrogens (tertiary/aromatic N) is 1. The maximum Gasteiger partial charge on any atom is 0.337 e. The summed E-state index contributed by atoms with van der Waals surface area (Å²) < 4.78 is 25.1. The van der Waals surface area contributed by atoms with E-state index in [0.717, 1.165) is 6.20 Å². The second-order valence-electron chi connectivity index (χ2n) is 2.69. The van der Waals surface area contributed by atoms with E-state index in [-0.39, 0.29) is 17.0 Å². The molecular weight excluding hydrogens is 230 g/mol. The van der Waals surface area contributed by atoms with Crippen molar-refractivity contribution in [1.82, 2.24) is 4.98 Å². The Hall–Kier alpha value is -1.43. The average Bonchev–Trinajstić information content (AvgIpc) is 2.15. The van der Waals surface area contributed by atoms with Gasteiger partial charge in [0.2, 0.25) is 0 Å². The topological polar surface area (TPSA) is 76.2 Å². The van der Waals surface area contributed by atoms with Crippen LogP contribution in [0.15, 0.2) is 6.20 Å². The predicted octanol–water partition coefficient (Wildman–Crippen LogP) is 2.04. The van der Waals surface area contributed by atoms with Crippen molar-refractivity contribution in [1.29, 1.82) is 0 Å². The molecule has 1 heterocycles. The summed E-state index contributed by atoms with van der Waals surface area (Å²) in [5.41, 5.74) is 4.08. The fourth-order valence-corrected chi connectivity index (χ4v) is 1.44. The van der Waals surface area contributed by atoms with Crippen LogP contribution in [0.25, 0.3) is 0 Å². The van der Waals surface area contributed by atoms with Crippen LogP contribution in [0.1, 0.15) is 27.9 Å². The molecular formula is C8H7ClF2N2O2. The van der Waals surface area contributed by atoms with Gasteiger partial charge < -0.3 is 10.8 Å². The molecule has 1 rings (SSSR count). The number of carboxylic acid groups (broad SMARTS) is 1. The lowest BCUT2D eigenvalue weighted by Crippen LogP contribution is -2.10. The van der Waals surface area contributed by atoms with E-state index in [1.165, 1.54) is 0 Å². The van der Waals surface area contributed by atoms with Gasteiger partial charge in [-0.3, -0.25) is 0 Å². The van der Waals surface area contributed by atoms with Crippen molar-refractivity contribution >= 4 is 23.4 Å². The minimum Gasteiger partial charge on any atom is -0.478 e. The van der Waals surface area contributed by atoms with Gasteiger partial charge in [0.25, 0.3) is 6.43 Å². The number of halogens is 3. The van der Waals surface area contributed by atoms with Crippen LogP contribution in [-0.2, 0) is 5.88 Å². The number of rotatable bonds is 3. The molecule has 0 bridgehead atoms. The molecule has 0 atom stereocenters. The molecule has 15 heavy (non-hydrogen) atoms. The largest absolute Gasteiger partial charge is 0.478 e. The normalized spacial score (nSPS) is 10.7. The van der Waals surface area contributed by atoms with E-state index in [9.17, 15) is 13.6 Å². The molecule has 0 aliphatic carbocycles. The molecule has 0 amide bonds. The zero-order valence-electron chi connectivity index (χ0n) is 7.38. The smallest absolute Gasteiger partial charge is 0.337 e. The van der Waals surface area contributed by atoms with E-state index in [4.69, 9.17) is 22.4 Å². The maximum atomic E-state index is 12.5. The van der Waals surface area contributed by atoms with Crippen molar-refractivity contribution in [3.8, 4) is 0 Å². The van der Waals surface area contributed by atoms with Crippen LogP contribution in [0.5, 0.6) is 0 Å². The van der Waals surface area contributed by atoms with Gasteiger partial charge in [-0.1, -0.05) is 0 Å². The van der Waals surface area contributed by atoms with E-state index in [0.29, 0.717) is 0 Å². The number of pyridine rings is 1. The highest BCUT2D eigenvalue weighted by atomic mass is 35.5. The zero-order chi connectivity index (χ0) is 11.6. The van der Waals surface area contributed by atoms with Crippen molar-refractivity contribution in [2.24, 2.45) is 0 Å². The summed E-state index contributed by atoms with van der Waals surface area (Å²) in [6.45, 7) is 0. The standard InChI is InChI=1S/C8H7ClF2N2O2/c9-1-3-4(8(14)15)2-13-7(12)5(3)6(10)11/h2,6H,1H2,(H2,12,13)(H,14,15). The molecule has 1 aromatic rings. The fourth-order valence-electron chi connectivity index (χ4n) is 1.15.